The number of aromatic nitrogens is 1. The van der Waals surface area contributed by atoms with Crippen LogP contribution in [0.15, 0.2) is 48.7 Å². The molecule has 1 N–H and O–H groups in total. The second-order valence-electron chi connectivity index (χ2n) is 7.94. The van der Waals surface area contributed by atoms with Gasteiger partial charge in [0.25, 0.3) is 5.91 Å². The first-order chi connectivity index (χ1) is 15.1. The summed E-state index contributed by atoms with van der Waals surface area (Å²) in [6.45, 7) is 2.37. The maximum Gasteiger partial charge on any atom is 0.417 e. The van der Waals surface area contributed by atoms with E-state index in [1.807, 2.05) is 0 Å². The number of halogens is 3. The van der Waals surface area contributed by atoms with Gasteiger partial charge in [-0.05, 0) is 43.5 Å². The number of pyridine rings is 1. The third kappa shape index (κ3) is 5.29. The summed E-state index contributed by atoms with van der Waals surface area (Å²) in [6.07, 6.45) is -1.73. The zero-order valence-electron chi connectivity index (χ0n) is 17.7. The summed E-state index contributed by atoms with van der Waals surface area (Å²) < 4.78 is 66.3. The summed E-state index contributed by atoms with van der Waals surface area (Å²) in [6, 6.07) is 9.98. The molecule has 0 spiro atoms. The number of nitrogens with zero attached hydrogens (tertiary/aromatic N) is 2. The maximum absolute atomic E-state index is 13.3. The van der Waals surface area contributed by atoms with E-state index in [0.717, 1.165) is 12.1 Å². The van der Waals surface area contributed by atoms with E-state index >= 15 is 0 Å². The Hall–Kier alpha value is -2.46. The molecule has 0 unspecified atom stereocenters. The highest BCUT2D eigenvalue weighted by atomic mass is 32.2. The number of benzene rings is 1. The standard InChI is InChI=1S/C22H26F3N3O3S/c1-2-15-32(30,31)28-13-10-21(11-14-28,19-9-5-6-12-26-19)16-27-20(29)17-7-3-4-8-18(17)22(23,24)25/h3-9,12H,2,10-11,13-16H2,1H3,(H,27,29). The number of amides is 1. The van der Waals surface area contributed by atoms with Crippen LogP contribution in [0.2, 0.25) is 0 Å². The quantitative estimate of drug-likeness (QED) is 0.672. The lowest BCUT2D eigenvalue weighted by atomic mass is 9.75. The Morgan fingerprint density at radius 3 is 2.38 bits per heavy atom. The van der Waals surface area contributed by atoms with E-state index in [0.29, 0.717) is 25.0 Å². The number of sulfonamides is 1. The fourth-order valence-electron chi connectivity index (χ4n) is 4.05. The van der Waals surface area contributed by atoms with E-state index in [-0.39, 0.29) is 25.4 Å². The number of carbonyl (C=O) groups is 1. The van der Waals surface area contributed by atoms with Crippen molar-refractivity contribution in [1.82, 2.24) is 14.6 Å². The fourth-order valence-corrected chi connectivity index (χ4v) is 5.57. The molecule has 1 aromatic heterocycles. The lowest BCUT2D eigenvalue weighted by molar-refractivity contribution is -0.137. The van der Waals surface area contributed by atoms with Gasteiger partial charge < -0.3 is 5.32 Å². The van der Waals surface area contributed by atoms with Crippen LogP contribution < -0.4 is 5.32 Å². The number of alkyl halides is 3. The average Bonchev–Trinajstić information content (AvgIpc) is 2.78. The zero-order valence-corrected chi connectivity index (χ0v) is 18.5. The van der Waals surface area contributed by atoms with Gasteiger partial charge in [-0.3, -0.25) is 9.78 Å². The van der Waals surface area contributed by atoms with Gasteiger partial charge in [-0.1, -0.05) is 25.1 Å². The second kappa shape index (κ2) is 9.58. The van der Waals surface area contributed by atoms with Gasteiger partial charge in [0.2, 0.25) is 10.0 Å². The molecule has 1 saturated heterocycles. The summed E-state index contributed by atoms with van der Waals surface area (Å²) in [5.41, 5.74) is -1.44. The average molecular weight is 470 g/mol. The third-order valence-electron chi connectivity index (χ3n) is 5.81. The Balaban J connectivity index is 1.82. The topological polar surface area (TPSA) is 79.4 Å². The number of piperidine rings is 1. The first kappa shape index (κ1) is 24.2. The van der Waals surface area contributed by atoms with Crippen molar-refractivity contribution in [2.24, 2.45) is 0 Å². The monoisotopic (exact) mass is 469 g/mol. The molecular formula is C22H26F3N3O3S. The molecule has 6 nitrogen and oxygen atoms in total. The van der Waals surface area contributed by atoms with Crippen molar-refractivity contribution >= 4 is 15.9 Å². The second-order valence-corrected chi connectivity index (χ2v) is 10.0. The molecule has 2 heterocycles. The van der Waals surface area contributed by atoms with Crippen LogP contribution >= 0.6 is 0 Å². The highest BCUT2D eigenvalue weighted by Gasteiger charge is 2.41. The SMILES string of the molecule is CCCS(=O)(=O)N1CCC(CNC(=O)c2ccccc2C(F)(F)F)(c2ccccn2)CC1. The minimum Gasteiger partial charge on any atom is -0.351 e. The molecule has 1 amide bonds. The van der Waals surface area contributed by atoms with Crippen molar-refractivity contribution < 1.29 is 26.4 Å². The summed E-state index contributed by atoms with van der Waals surface area (Å²) in [7, 11) is -3.36. The van der Waals surface area contributed by atoms with Crippen molar-refractivity contribution in [3.05, 3.63) is 65.5 Å². The molecular weight excluding hydrogens is 443 g/mol. The molecule has 32 heavy (non-hydrogen) atoms. The molecule has 174 valence electrons. The van der Waals surface area contributed by atoms with Crippen LogP contribution in [0.1, 0.15) is 47.8 Å². The molecule has 1 aliphatic heterocycles. The van der Waals surface area contributed by atoms with Gasteiger partial charge in [-0.15, -0.1) is 0 Å². The Morgan fingerprint density at radius 1 is 1.12 bits per heavy atom. The van der Waals surface area contributed by atoms with Crippen molar-refractivity contribution in [3.8, 4) is 0 Å². The molecule has 0 saturated carbocycles. The normalized spacial score (nSPS) is 17.1. The van der Waals surface area contributed by atoms with Crippen LogP contribution in [0.4, 0.5) is 13.2 Å². The smallest absolute Gasteiger partial charge is 0.351 e. The first-order valence-corrected chi connectivity index (χ1v) is 12.0. The van der Waals surface area contributed by atoms with Crippen LogP contribution in [0.3, 0.4) is 0 Å². The highest BCUT2D eigenvalue weighted by molar-refractivity contribution is 7.89. The minimum absolute atomic E-state index is 0.0523. The lowest BCUT2D eigenvalue weighted by Gasteiger charge is -2.41. The molecule has 1 aliphatic rings. The van der Waals surface area contributed by atoms with Crippen LogP contribution in [-0.2, 0) is 21.6 Å². The largest absolute Gasteiger partial charge is 0.417 e. The number of rotatable bonds is 7. The predicted octanol–water partition coefficient (Wildman–Crippen LogP) is 3.60. The zero-order chi connectivity index (χ0) is 23.4. The van der Waals surface area contributed by atoms with Gasteiger partial charge in [0.15, 0.2) is 0 Å². The van der Waals surface area contributed by atoms with Crippen molar-refractivity contribution in [2.75, 3.05) is 25.4 Å². The van der Waals surface area contributed by atoms with E-state index < -0.39 is 38.6 Å². The van der Waals surface area contributed by atoms with Gasteiger partial charge in [0.05, 0.1) is 16.9 Å². The molecule has 1 aromatic carbocycles. The van der Waals surface area contributed by atoms with Gasteiger partial charge in [0.1, 0.15) is 0 Å². The number of nitrogens with one attached hydrogen (secondary N) is 1. The lowest BCUT2D eigenvalue weighted by Crippen LogP contribution is -2.51. The van der Waals surface area contributed by atoms with Crippen LogP contribution in [0.25, 0.3) is 0 Å². The molecule has 0 atom stereocenters. The van der Waals surface area contributed by atoms with E-state index in [4.69, 9.17) is 0 Å². The van der Waals surface area contributed by atoms with Gasteiger partial charge in [-0.2, -0.15) is 13.2 Å². The van der Waals surface area contributed by atoms with Gasteiger partial charge in [-0.25, -0.2) is 12.7 Å². The van der Waals surface area contributed by atoms with Crippen LogP contribution in [-0.4, -0.2) is 49.0 Å². The fraction of sp³-hybridized carbons (Fsp3) is 0.455. The van der Waals surface area contributed by atoms with Gasteiger partial charge >= 0.3 is 6.18 Å². The molecule has 10 heteroatoms. The summed E-state index contributed by atoms with van der Waals surface area (Å²) in [5.74, 6) is -0.761. The maximum atomic E-state index is 13.3. The summed E-state index contributed by atoms with van der Waals surface area (Å²) >= 11 is 0. The van der Waals surface area contributed by atoms with Crippen LogP contribution in [0.5, 0.6) is 0 Å². The molecule has 0 aliphatic carbocycles. The molecule has 2 aromatic rings. The predicted molar refractivity (Wildman–Crippen MR) is 115 cm³/mol. The van der Waals surface area contributed by atoms with Crippen molar-refractivity contribution in [3.63, 3.8) is 0 Å². The first-order valence-electron chi connectivity index (χ1n) is 10.4. The number of hydrogen-bond donors (Lipinski definition) is 1. The molecule has 0 bridgehead atoms. The van der Waals surface area contributed by atoms with E-state index in [1.54, 1.807) is 31.3 Å². The van der Waals surface area contributed by atoms with E-state index in [1.165, 1.54) is 16.4 Å². The van der Waals surface area contributed by atoms with Gasteiger partial charge in [0, 0.05) is 36.9 Å². The summed E-state index contributed by atoms with van der Waals surface area (Å²) in [5, 5.41) is 2.65. The van der Waals surface area contributed by atoms with Crippen molar-refractivity contribution in [2.45, 2.75) is 37.8 Å². The Bertz CT molecular complexity index is 1040. The molecule has 3 rings (SSSR count). The highest BCUT2D eigenvalue weighted by Crippen LogP contribution is 2.36. The van der Waals surface area contributed by atoms with E-state index in [9.17, 15) is 26.4 Å². The van der Waals surface area contributed by atoms with Crippen molar-refractivity contribution in [1.29, 1.82) is 0 Å². The third-order valence-corrected chi connectivity index (χ3v) is 7.88. The molecule has 0 radical (unpaired) electrons. The minimum atomic E-state index is -4.65. The Labute approximate surface area is 185 Å². The Morgan fingerprint density at radius 2 is 1.78 bits per heavy atom. The summed E-state index contributed by atoms with van der Waals surface area (Å²) in [4.78, 5) is 17.1. The number of carbonyl (C=O) groups excluding carboxylic acids is 1. The van der Waals surface area contributed by atoms with E-state index in [2.05, 4.69) is 10.3 Å². The number of hydrogen-bond acceptors (Lipinski definition) is 4. The molecule has 1 fully saturated rings. The Kier molecular flexibility index (Phi) is 7.24. The van der Waals surface area contributed by atoms with Crippen LogP contribution in [0, 0.1) is 0 Å².